The Balaban J connectivity index is 3.06. The summed E-state index contributed by atoms with van der Waals surface area (Å²) in [6, 6.07) is 3.57. The van der Waals surface area contributed by atoms with Crippen molar-refractivity contribution in [3.05, 3.63) is 40.9 Å². The van der Waals surface area contributed by atoms with E-state index in [2.05, 4.69) is 4.79 Å². The third kappa shape index (κ3) is 3.03. The van der Waals surface area contributed by atoms with Gasteiger partial charge in [0.1, 0.15) is 0 Å². The van der Waals surface area contributed by atoms with Crippen LogP contribution in [0.2, 0.25) is 0 Å². The van der Waals surface area contributed by atoms with Crippen LogP contribution in [0.4, 0.5) is 13.2 Å². The molecule has 0 spiro atoms. The number of aliphatic hydroxyl groups is 1. The van der Waals surface area contributed by atoms with Gasteiger partial charge in [0, 0.05) is 6.92 Å². The summed E-state index contributed by atoms with van der Waals surface area (Å²) < 4.78 is 36.9. The Bertz CT molecular complexity index is 502. The van der Waals surface area contributed by atoms with E-state index in [-0.39, 0.29) is 5.56 Å². The molecule has 0 aliphatic rings. The van der Waals surface area contributed by atoms with E-state index in [4.69, 9.17) is 5.53 Å². The van der Waals surface area contributed by atoms with Crippen molar-refractivity contribution in [3.8, 4) is 0 Å². The average molecular weight is 258 g/mol. The molecule has 1 atom stereocenters. The van der Waals surface area contributed by atoms with Crippen molar-refractivity contribution in [2.75, 3.05) is 0 Å². The average Bonchev–Trinajstić information content (AvgIpc) is 2.28. The first kappa shape index (κ1) is 14.1. The molecule has 0 saturated carbocycles. The van der Waals surface area contributed by atoms with Crippen LogP contribution in [0.25, 0.3) is 5.53 Å². The molecule has 0 aliphatic carbocycles. The van der Waals surface area contributed by atoms with Crippen LogP contribution in [0.1, 0.15) is 24.2 Å². The van der Waals surface area contributed by atoms with Gasteiger partial charge < -0.3 is 10.6 Å². The maximum absolute atomic E-state index is 12.3. The lowest BCUT2D eigenvalue weighted by molar-refractivity contribution is -0.137. The van der Waals surface area contributed by atoms with Crippen molar-refractivity contribution >= 4 is 11.5 Å². The Morgan fingerprint density at radius 2 is 1.83 bits per heavy atom. The molecule has 4 nitrogen and oxygen atoms in total. The Morgan fingerprint density at radius 3 is 2.17 bits per heavy atom. The minimum absolute atomic E-state index is 0.0333. The number of rotatable bonds is 3. The molecule has 0 aliphatic heterocycles. The number of hydrogen-bond acceptors (Lipinski definition) is 2. The van der Waals surface area contributed by atoms with Gasteiger partial charge in [0.2, 0.25) is 5.78 Å². The highest BCUT2D eigenvalue weighted by Crippen LogP contribution is 2.30. The Labute approximate surface area is 100 Å². The van der Waals surface area contributed by atoms with Crippen LogP contribution in [0.3, 0.4) is 0 Å². The first-order valence-electron chi connectivity index (χ1n) is 4.85. The molecule has 1 rings (SSSR count). The zero-order chi connectivity index (χ0) is 13.9. The number of Topliss-reactive ketones (excluding diaryl/α,β-unsaturated/α-hetero) is 1. The highest BCUT2D eigenvalue weighted by molar-refractivity contribution is 6.38. The van der Waals surface area contributed by atoms with Crippen molar-refractivity contribution in [1.82, 2.24) is 0 Å². The molecule has 0 radical (unpaired) electrons. The van der Waals surface area contributed by atoms with Crippen molar-refractivity contribution in [3.63, 3.8) is 0 Å². The van der Waals surface area contributed by atoms with E-state index in [9.17, 15) is 23.1 Å². The van der Waals surface area contributed by atoms with Gasteiger partial charge >= 0.3 is 11.9 Å². The van der Waals surface area contributed by atoms with E-state index in [1.54, 1.807) is 0 Å². The molecule has 0 aromatic heterocycles. The fraction of sp³-hybridized carbons (Fsp3) is 0.273. The van der Waals surface area contributed by atoms with Gasteiger partial charge in [-0.3, -0.25) is 4.79 Å². The maximum atomic E-state index is 12.3. The van der Waals surface area contributed by atoms with Crippen LogP contribution >= 0.6 is 0 Å². The molecule has 1 aromatic rings. The summed E-state index contributed by atoms with van der Waals surface area (Å²) in [5.41, 5.74) is 7.17. The lowest BCUT2D eigenvalue weighted by Gasteiger charge is -2.09. The summed E-state index contributed by atoms with van der Waals surface area (Å²) in [5, 5.41) is 9.65. The molecule has 1 aromatic carbocycles. The van der Waals surface area contributed by atoms with E-state index in [1.807, 2.05) is 0 Å². The van der Waals surface area contributed by atoms with Gasteiger partial charge in [0.15, 0.2) is 6.10 Å². The topological polar surface area (TPSA) is 73.7 Å². The highest BCUT2D eigenvalue weighted by atomic mass is 19.4. The van der Waals surface area contributed by atoms with Crippen LogP contribution in [-0.4, -0.2) is 21.4 Å². The maximum Gasteiger partial charge on any atom is 0.416 e. The van der Waals surface area contributed by atoms with Crippen LogP contribution in [0.5, 0.6) is 0 Å². The first-order chi connectivity index (χ1) is 8.27. The second-order valence-electron chi connectivity index (χ2n) is 3.56. The number of alkyl halides is 3. The number of carbonyl (C=O) groups excluding carboxylic acids is 1. The minimum atomic E-state index is -4.47. The van der Waals surface area contributed by atoms with Crippen LogP contribution < -0.4 is 0 Å². The third-order valence-corrected chi connectivity index (χ3v) is 2.28. The molecule has 0 saturated heterocycles. The third-order valence-electron chi connectivity index (χ3n) is 2.28. The van der Waals surface area contributed by atoms with E-state index >= 15 is 0 Å². The molecule has 0 bridgehead atoms. The van der Waals surface area contributed by atoms with Gasteiger partial charge in [-0.05, 0) is 17.7 Å². The predicted octanol–water partition coefficient (Wildman–Crippen LogP) is 2.00. The zero-order valence-corrected chi connectivity index (χ0v) is 9.27. The molecule has 0 amide bonds. The molecule has 96 valence electrons. The SMILES string of the molecule is CC(=O)C(=[N+]=[N-])C(O)c1ccc(C(F)(F)F)cc1. The normalized spacial score (nSPS) is 12.7. The Morgan fingerprint density at radius 1 is 1.33 bits per heavy atom. The van der Waals surface area contributed by atoms with Gasteiger partial charge in [-0.2, -0.15) is 18.0 Å². The van der Waals surface area contributed by atoms with Crippen molar-refractivity contribution in [2.45, 2.75) is 19.2 Å². The quantitative estimate of drug-likeness (QED) is 0.511. The van der Waals surface area contributed by atoms with Crippen LogP contribution in [0.15, 0.2) is 24.3 Å². The van der Waals surface area contributed by atoms with Gasteiger partial charge in [-0.15, -0.1) is 0 Å². The first-order valence-corrected chi connectivity index (χ1v) is 4.85. The lowest BCUT2D eigenvalue weighted by atomic mass is 10.0. The second-order valence-corrected chi connectivity index (χ2v) is 3.56. The molecule has 0 heterocycles. The number of nitrogens with zero attached hydrogens (tertiary/aromatic N) is 2. The van der Waals surface area contributed by atoms with Gasteiger partial charge in [-0.1, -0.05) is 12.1 Å². The Hall–Kier alpha value is -1.98. The largest absolute Gasteiger partial charge is 0.416 e. The van der Waals surface area contributed by atoms with Crippen LogP contribution in [0, 0.1) is 0 Å². The van der Waals surface area contributed by atoms with E-state index < -0.39 is 29.3 Å². The molecule has 18 heavy (non-hydrogen) atoms. The molecular weight excluding hydrogens is 249 g/mol. The summed E-state index contributed by atoms with van der Waals surface area (Å²) >= 11 is 0. The van der Waals surface area contributed by atoms with E-state index in [0.717, 1.165) is 31.2 Å². The molecule has 7 heteroatoms. The summed E-state index contributed by atoms with van der Waals surface area (Å²) in [4.78, 5) is 13.6. The van der Waals surface area contributed by atoms with Crippen LogP contribution in [-0.2, 0) is 11.0 Å². The fourth-order valence-corrected chi connectivity index (χ4v) is 1.33. The summed E-state index contributed by atoms with van der Waals surface area (Å²) in [5.74, 6) is -0.676. The van der Waals surface area contributed by atoms with E-state index in [0.29, 0.717) is 0 Å². The minimum Gasteiger partial charge on any atom is -0.376 e. The molecule has 0 fully saturated rings. The smallest absolute Gasteiger partial charge is 0.376 e. The second kappa shape index (κ2) is 5.12. The predicted molar refractivity (Wildman–Crippen MR) is 55.7 cm³/mol. The number of carbonyl (C=O) groups is 1. The van der Waals surface area contributed by atoms with Gasteiger partial charge in [0.05, 0.1) is 5.56 Å². The molecular formula is C11H9F3N2O2. The van der Waals surface area contributed by atoms with Gasteiger partial charge in [0.25, 0.3) is 0 Å². The zero-order valence-electron chi connectivity index (χ0n) is 9.27. The number of aliphatic hydroxyl groups excluding tert-OH is 1. The highest BCUT2D eigenvalue weighted by Gasteiger charge is 2.32. The summed E-state index contributed by atoms with van der Waals surface area (Å²) in [6.45, 7) is 1.07. The van der Waals surface area contributed by atoms with E-state index in [1.165, 1.54) is 0 Å². The standard InChI is InChI=1S/C11H9F3N2O2/c1-6(17)9(16-15)10(18)7-2-4-8(5-3-7)11(12,13)14/h2-5,10,18H,1H3. The van der Waals surface area contributed by atoms with Crippen molar-refractivity contribution < 1.29 is 27.9 Å². The summed E-state index contributed by atoms with van der Waals surface area (Å²) in [7, 11) is 0. The monoisotopic (exact) mass is 258 g/mol. The fourth-order valence-electron chi connectivity index (χ4n) is 1.33. The number of hydrogen-bond donors (Lipinski definition) is 1. The number of halogens is 3. The molecule has 1 unspecified atom stereocenters. The molecule has 1 N–H and O–H groups in total. The summed E-state index contributed by atoms with van der Waals surface area (Å²) in [6.07, 6.45) is -6.03. The van der Waals surface area contributed by atoms with Crippen molar-refractivity contribution in [1.29, 1.82) is 0 Å². The lowest BCUT2D eigenvalue weighted by Crippen LogP contribution is -2.21. The van der Waals surface area contributed by atoms with Crippen molar-refractivity contribution in [2.24, 2.45) is 0 Å². The van der Waals surface area contributed by atoms with Gasteiger partial charge in [-0.25, -0.2) is 0 Å². The number of ketones is 1. The Kier molecular flexibility index (Phi) is 4.00. The number of benzene rings is 1.